The highest BCUT2D eigenvalue weighted by Crippen LogP contribution is 2.32. The lowest BCUT2D eigenvalue weighted by Gasteiger charge is -2.31. The van der Waals surface area contributed by atoms with E-state index in [0.717, 1.165) is 24.3 Å². The number of nitrogens with zero attached hydrogens (tertiary/aromatic N) is 1. The summed E-state index contributed by atoms with van der Waals surface area (Å²) in [4.78, 5) is 14.1. The van der Waals surface area contributed by atoms with E-state index < -0.39 is 0 Å². The monoisotopic (exact) mass is 234 g/mol. The van der Waals surface area contributed by atoms with Gasteiger partial charge >= 0.3 is 6.03 Å². The highest BCUT2D eigenvalue weighted by atomic mass is 32.1. The molecular weight excluding hydrogens is 220 g/mol. The highest BCUT2D eigenvalue weighted by molar-refractivity contribution is 7.14. The predicted molar refractivity (Wildman–Crippen MR) is 65.7 cm³/mol. The molecule has 0 radical (unpaired) electrons. The van der Waals surface area contributed by atoms with Crippen LogP contribution in [0.3, 0.4) is 0 Å². The molecule has 0 saturated carbocycles. The fraction of sp³-hybridized carbons (Fsp3) is 0.417. The molecule has 3 nitrogen and oxygen atoms in total. The molecule has 16 heavy (non-hydrogen) atoms. The molecule has 0 aliphatic carbocycles. The summed E-state index contributed by atoms with van der Waals surface area (Å²) in [6.07, 6.45) is 7.62. The number of amides is 2. The topological polar surface area (TPSA) is 32.3 Å². The number of anilines is 1. The number of urea groups is 1. The van der Waals surface area contributed by atoms with Crippen LogP contribution in [0.2, 0.25) is 0 Å². The van der Waals surface area contributed by atoms with E-state index in [-0.39, 0.29) is 6.03 Å². The molecule has 3 heterocycles. The molecular formula is C12H14N2OS. The number of carbonyl (C=O) groups excluding carboxylic acids is 1. The Labute approximate surface area is 98.8 Å². The van der Waals surface area contributed by atoms with Crippen molar-refractivity contribution in [1.29, 1.82) is 0 Å². The van der Waals surface area contributed by atoms with E-state index in [4.69, 9.17) is 0 Å². The molecule has 2 aliphatic heterocycles. The number of rotatable bonds is 1. The fourth-order valence-corrected chi connectivity index (χ4v) is 3.17. The van der Waals surface area contributed by atoms with E-state index in [1.807, 2.05) is 22.4 Å². The average Bonchev–Trinajstić information content (AvgIpc) is 2.86. The van der Waals surface area contributed by atoms with Crippen molar-refractivity contribution in [1.82, 2.24) is 4.90 Å². The number of hydrogen-bond acceptors (Lipinski definition) is 2. The zero-order chi connectivity index (χ0) is 11.0. The lowest BCUT2D eigenvalue weighted by atomic mass is 10.1. The number of hydrogen-bond donors (Lipinski definition) is 1. The molecule has 0 unspecified atom stereocenters. The van der Waals surface area contributed by atoms with E-state index >= 15 is 0 Å². The Bertz CT molecular complexity index is 413. The maximum absolute atomic E-state index is 12.1. The van der Waals surface area contributed by atoms with Gasteiger partial charge in [-0.3, -0.25) is 5.32 Å². The van der Waals surface area contributed by atoms with Crippen molar-refractivity contribution in [3.63, 3.8) is 0 Å². The van der Waals surface area contributed by atoms with Gasteiger partial charge in [0.1, 0.15) is 0 Å². The van der Waals surface area contributed by atoms with Gasteiger partial charge in [-0.05, 0) is 36.8 Å². The number of carbonyl (C=O) groups is 1. The van der Waals surface area contributed by atoms with Gasteiger partial charge in [0.2, 0.25) is 0 Å². The van der Waals surface area contributed by atoms with Crippen LogP contribution in [0.4, 0.5) is 9.80 Å². The van der Waals surface area contributed by atoms with Crippen molar-refractivity contribution in [3.05, 3.63) is 29.7 Å². The maximum Gasteiger partial charge on any atom is 0.323 e. The minimum atomic E-state index is 0.0549. The molecule has 2 atom stereocenters. The van der Waals surface area contributed by atoms with Crippen LogP contribution in [0.25, 0.3) is 0 Å². The smallest absolute Gasteiger partial charge is 0.315 e. The summed E-state index contributed by atoms with van der Waals surface area (Å²) in [5.41, 5.74) is 0. The van der Waals surface area contributed by atoms with Crippen molar-refractivity contribution in [2.45, 2.75) is 31.3 Å². The quantitative estimate of drug-likeness (QED) is 0.744. The Morgan fingerprint density at radius 3 is 3.19 bits per heavy atom. The number of nitrogens with one attached hydrogen (secondary N) is 1. The zero-order valence-electron chi connectivity index (χ0n) is 8.93. The summed E-state index contributed by atoms with van der Waals surface area (Å²) in [7, 11) is 0. The van der Waals surface area contributed by atoms with Crippen LogP contribution >= 0.6 is 11.3 Å². The summed E-state index contributed by atoms with van der Waals surface area (Å²) in [5, 5.41) is 5.87. The van der Waals surface area contributed by atoms with Gasteiger partial charge in [0, 0.05) is 6.04 Å². The van der Waals surface area contributed by atoms with E-state index in [0.29, 0.717) is 12.1 Å². The van der Waals surface area contributed by atoms with Crippen LogP contribution in [-0.4, -0.2) is 23.0 Å². The molecule has 2 amide bonds. The van der Waals surface area contributed by atoms with E-state index in [9.17, 15) is 4.79 Å². The second-order valence-electron chi connectivity index (χ2n) is 4.28. The molecule has 1 aromatic heterocycles. The van der Waals surface area contributed by atoms with Gasteiger partial charge in [0.05, 0.1) is 11.0 Å². The normalized spacial score (nSPS) is 27.1. The molecule has 1 N–H and O–H groups in total. The van der Waals surface area contributed by atoms with E-state index in [1.165, 1.54) is 0 Å². The molecule has 3 rings (SSSR count). The van der Waals surface area contributed by atoms with Gasteiger partial charge in [-0.1, -0.05) is 12.2 Å². The third-order valence-electron chi connectivity index (χ3n) is 3.30. The van der Waals surface area contributed by atoms with Crippen molar-refractivity contribution >= 4 is 22.4 Å². The third-order valence-corrected chi connectivity index (χ3v) is 4.08. The summed E-state index contributed by atoms with van der Waals surface area (Å²) in [6, 6.07) is 4.67. The summed E-state index contributed by atoms with van der Waals surface area (Å²) >= 11 is 1.56. The Morgan fingerprint density at radius 1 is 1.50 bits per heavy atom. The van der Waals surface area contributed by atoms with Crippen molar-refractivity contribution in [3.8, 4) is 0 Å². The molecule has 2 aliphatic rings. The lowest BCUT2D eigenvalue weighted by Crippen LogP contribution is -2.44. The van der Waals surface area contributed by atoms with E-state index in [2.05, 4.69) is 17.5 Å². The molecule has 1 saturated heterocycles. The summed E-state index contributed by atoms with van der Waals surface area (Å²) < 4.78 is 0. The zero-order valence-corrected chi connectivity index (χ0v) is 9.74. The Balaban J connectivity index is 1.74. The molecule has 4 heteroatoms. The Kier molecular flexibility index (Phi) is 2.44. The first-order valence-corrected chi connectivity index (χ1v) is 6.52. The first kappa shape index (κ1) is 9.90. The Hall–Kier alpha value is -1.29. The molecule has 1 aromatic rings. The summed E-state index contributed by atoms with van der Waals surface area (Å²) in [6.45, 7) is 0. The fourth-order valence-electron chi connectivity index (χ4n) is 2.56. The number of fused-ring (bicyclic) bond motifs is 2. The van der Waals surface area contributed by atoms with Crippen LogP contribution in [0.5, 0.6) is 0 Å². The van der Waals surface area contributed by atoms with Crippen molar-refractivity contribution in [2.75, 3.05) is 5.32 Å². The largest absolute Gasteiger partial charge is 0.323 e. The third kappa shape index (κ3) is 1.63. The first-order chi connectivity index (χ1) is 7.84. The Morgan fingerprint density at radius 2 is 2.44 bits per heavy atom. The highest BCUT2D eigenvalue weighted by Gasteiger charge is 2.37. The second-order valence-corrected chi connectivity index (χ2v) is 5.22. The predicted octanol–water partition coefficient (Wildman–Crippen LogP) is 3.07. The van der Waals surface area contributed by atoms with Crippen LogP contribution in [0.15, 0.2) is 29.7 Å². The lowest BCUT2D eigenvalue weighted by molar-refractivity contribution is 0.192. The molecule has 0 spiro atoms. The summed E-state index contributed by atoms with van der Waals surface area (Å²) in [5.74, 6) is 0. The van der Waals surface area contributed by atoms with Crippen LogP contribution in [0, 0.1) is 0 Å². The van der Waals surface area contributed by atoms with Crippen LogP contribution < -0.4 is 5.32 Å². The minimum Gasteiger partial charge on any atom is -0.315 e. The van der Waals surface area contributed by atoms with Crippen molar-refractivity contribution in [2.24, 2.45) is 0 Å². The molecule has 1 fully saturated rings. The van der Waals surface area contributed by atoms with Gasteiger partial charge in [0.15, 0.2) is 0 Å². The molecule has 84 valence electrons. The van der Waals surface area contributed by atoms with Crippen LogP contribution in [0.1, 0.15) is 19.3 Å². The second kappa shape index (κ2) is 3.94. The van der Waals surface area contributed by atoms with Crippen molar-refractivity contribution < 1.29 is 4.79 Å². The average molecular weight is 234 g/mol. The SMILES string of the molecule is O=C(Nc1cccs1)N1[C@H]2CC=C[C@H]1CC2. The van der Waals surface area contributed by atoms with E-state index in [1.54, 1.807) is 11.3 Å². The van der Waals surface area contributed by atoms with Gasteiger partial charge in [-0.25, -0.2) is 4.79 Å². The van der Waals surface area contributed by atoms with Crippen LogP contribution in [-0.2, 0) is 0 Å². The van der Waals surface area contributed by atoms with Gasteiger partial charge < -0.3 is 4.90 Å². The number of thiophene rings is 1. The van der Waals surface area contributed by atoms with Gasteiger partial charge in [-0.15, -0.1) is 11.3 Å². The molecule has 0 aromatic carbocycles. The maximum atomic E-state index is 12.1. The van der Waals surface area contributed by atoms with Gasteiger partial charge in [-0.2, -0.15) is 0 Å². The minimum absolute atomic E-state index is 0.0549. The first-order valence-electron chi connectivity index (χ1n) is 5.64. The van der Waals surface area contributed by atoms with Gasteiger partial charge in [0.25, 0.3) is 0 Å². The standard InChI is InChI=1S/C12H14N2OS/c15-12(13-11-5-2-8-16-11)14-9-3-1-4-10(14)7-6-9/h1-3,5,8-10H,4,6-7H2,(H,13,15)/t9-,10-/m0/s1. The molecule has 2 bridgehead atoms.